The monoisotopic (exact) mass is 310 g/mol. The first kappa shape index (κ1) is 16.0. The average molecular weight is 310 g/mol. The van der Waals surface area contributed by atoms with E-state index in [0.29, 0.717) is 18.8 Å². The van der Waals surface area contributed by atoms with Gasteiger partial charge >= 0.3 is 0 Å². The predicted octanol–water partition coefficient (Wildman–Crippen LogP) is 1.93. The van der Waals surface area contributed by atoms with Gasteiger partial charge in [0.15, 0.2) is 0 Å². The molecule has 2 rings (SSSR count). The normalized spacial score (nSPS) is 19.5. The number of nitrogens with zero attached hydrogens (tertiary/aromatic N) is 1. The Labute approximate surface area is 126 Å². The summed E-state index contributed by atoms with van der Waals surface area (Å²) in [6, 6.07) is 6.67. The number of benzene rings is 1. The molecular formula is C15H22N2O3S. The molecule has 1 fully saturated rings. The van der Waals surface area contributed by atoms with E-state index in [9.17, 15) is 13.2 Å². The quantitative estimate of drug-likeness (QED) is 0.815. The van der Waals surface area contributed by atoms with E-state index in [4.69, 9.17) is 0 Å². The third-order valence-electron chi connectivity index (χ3n) is 3.71. The standard InChI is InChI=1S/C15H22N2O3S/c1-2-10-16-21(19,20)15-9-4-3-8-14(15)17-11-6-5-7-13(17)12-18/h3-4,8-9,12-13,16H,2,5-7,10-11H2,1H3. The van der Waals surface area contributed by atoms with Crippen molar-refractivity contribution in [1.29, 1.82) is 0 Å². The molecule has 0 radical (unpaired) electrons. The van der Waals surface area contributed by atoms with Gasteiger partial charge in [-0.3, -0.25) is 0 Å². The average Bonchev–Trinajstić information content (AvgIpc) is 2.53. The summed E-state index contributed by atoms with van der Waals surface area (Å²) in [5.41, 5.74) is 0.623. The van der Waals surface area contributed by atoms with Gasteiger partial charge in [0.05, 0.1) is 11.7 Å². The third-order valence-corrected chi connectivity index (χ3v) is 5.22. The van der Waals surface area contributed by atoms with E-state index >= 15 is 0 Å². The van der Waals surface area contributed by atoms with Crippen LogP contribution in [0.4, 0.5) is 5.69 Å². The van der Waals surface area contributed by atoms with Crippen molar-refractivity contribution >= 4 is 22.0 Å². The van der Waals surface area contributed by atoms with Crippen LogP contribution in [0.15, 0.2) is 29.2 Å². The lowest BCUT2D eigenvalue weighted by atomic mass is 10.0. The van der Waals surface area contributed by atoms with Crippen molar-refractivity contribution in [3.63, 3.8) is 0 Å². The van der Waals surface area contributed by atoms with Crippen molar-refractivity contribution in [1.82, 2.24) is 4.72 Å². The summed E-state index contributed by atoms with van der Waals surface area (Å²) in [5, 5.41) is 0. The molecule has 1 aliphatic heterocycles. The molecule has 1 saturated heterocycles. The Morgan fingerprint density at radius 2 is 2.10 bits per heavy atom. The zero-order valence-electron chi connectivity index (χ0n) is 12.3. The number of carbonyl (C=O) groups excluding carboxylic acids is 1. The molecule has 0 amide bonds. The lowest BCUT2D eigenvalue weighted by Gasteiger charge is -2.35. The highest BCUT2D eigenvalue weighted by Crippen LogP contribution is 2.30. The second kappa shape index (κ2) is 7.04. The largest absolute Gasteiger partial charge is 0.361 e. The molecule has 0 aromatic heterocycles. The van der Waals surface area contributed by atoms with Crippen LogP contribution in [0.25, 0.3) is 0 Å². The third kappa shape index (κ3) is 3.63. The van der Waals surface area contributed by atoms with Gasteiger partial charge in [0, 0.05) is 13.1 Å². The van der Waals surface area contributed by atoms with Gasteiger partial charge in [0.1, 0.15) is 11.2 Å². The van der Waals surface area contributed by atoms with Gasteiger partial charge in [-0.25, -0.2) is 13.1 Å². The van der Waals surface area contributed by atoms with Crippen molar-refractivity contribution in [2.75, 3.05) is 18.0 Å². The molecule has 1 atom stereocenters. The van der Waals surface area contributed by atoms with Crippen LogP contribution in [0, 0.1) is 0 Å². The second-order valence-electron chi connectivity index (χ2n) is 5.26. The maximum absolute atomic E-state index is 12.4. The highest BCUT2D eigenvalue weighted by molar-refractivity contribution is 7.89. The number of carbonyl (C=O) groups is 1. The van der Waals surface area contributed by atoms with Gasteiger partial charge in [-0.05, 0) is 37.8 Å². The van der Waals surface area contributed by atoms with Crippen molar-refractivity contribution in [2.45, 2.75) is 43.5 Å². The van der Waals surface area contributed by atoms with Gasteiger partial charge in [-0.2, -0.15) is 0 Å². The van der Waals surface area contributed by atoms with Crippen molar-refractivity contribution < 1.29 is 13.2 Å². The molecule has 116 valence electrons. The zero-order valence-corrected chi connectivity index (χ0v) is 13.1. The van der Waals surface area contributed by atoms with Crippen molar-refractivity contribution in [3.8, 4) is 0 Å². The Kier molecular flexibility index (Phi) is 5.36. The Balaban J connectivity index is 2.38. The lowest BCUT2D eigenvalue weighted by Crippen LogP contribution is -2.41. The fourth-order valence-corrected chi connectivity index (χ4v) is 3.98. The van der Waals surface area contributed by atoms with Crippen LogP contribution in [0.1, 0.15) is 32.6 Å². The number of anilines is 1. The molecule has 1 aromatic rings. The first-order valence-corrected chi connectivity index (χ1v) is 8.89. The summed E-state index contributed by atoms with van der Waals surface area (Å²) >= 11 is 0. The number of aldehydes is 1. The first-order valence-electron chi connectivity index (χ1n) is 7.40. The summed E-state index contributed by atoms with van der Waals surface area (Å²) in [6.07, 6.45) is 4.41. The van der Waals surface area contributed by atoms with Crippen LogP contribution in [0.5, 0.6) is 0 Å². The number of rotatable bonds is 6. The molecule has 1 N–H and O–H groups in total. The molecule has 1 aromatic carbocycles. The van der Waals surface area contributed by atoms with Crippen molar-refractivity contribution in [3.05, 3.63) is 24.3 Å². The number of hydrogen-bond acceptors (Lipinski definition) is 4. The van der Waals surface area contributed by atoms with Gasteiger partial charge in [-0.15, -0.1) is 0 Å². The minimum absolute atomic E-state index is 0.235. The molecular weight excluding hydrogens is 288 g/mol. The molecule has 0 spiro atoms. The summed E-state index contributed by atoms with van der Waals surface area (Å²) in [6.45, 7) is 3.04. The van der Waals surface area contributed by atoms with E-state index in [0.717, 1.165) is 32.0 Å². The predicted molar refractivity (Wildman–Crippen MR) is 83.0 cm³/mol. The Hall–Kier alpha value is -1.40. The van der Waals surface area contributed by atoms with Crippen LogP contribution in [0.2, 0.25) is 0 Å². The minimum atomic E-state index is -3.54. The second-order valence-corrected chi connectivity index (χ2v) is 6.99. The molecule has 1 unspecified atom stereocenters. The highest BCUT2D eigenvalue weighted by atomic mass is 32.2. The fraction of sp³-hybridized carbons (Fsp3) is 0.533. The number of para-hydroxylation sites is 1. The molecule has 6 heteroatoms. The van der Waals surface area contributed by atoms with Gasteiger partial charge in [-0.1, -0.05) is 19.1 Å². The summed E-state index contributed by atoms with van der Waals surface area (Å²) < 4.78 is 27.4. The number of sulfonamides is 1. The Morgan fingerprint density at radius 1 is 1.33 bits per heavy atom. The number of piperidine rings is 1. The smallest absolute Gasteiger partial charge is 0.242 e. The molecule has 1 aliphatic rings. The summed E-state index contributed by atoms with van der Waals surface area (Å²) in [7, 11) is -3.54. The molecule has 0 aliphatic carbocycles. The maximum atomic E-state index is 12.4. The summed E-state index contributed by atoms with van der Waals surface area (Å²) in [4.78, 5) is 13.4. The van der Waals surface area contributed by atoms with E-state index in [1.807, 2.05) is 17.9 Å². The van der Waals surface area contributed by atoms with E-state index in [2.05, 4.69) is 4.72 Å². The van der Waals surface area contributed by atoms with Crippen molar-refractivity contribution in [2.24, 2.45) is 0 Å². The van der Waals surface area contributed by atoms with E-state index in [1.54, 1.807) is 18.2 Å². The molecule has 0 saturated carbocycles. The van der Waals surface area contributed by atoms with Gasteiger partial charge in [0.25, 0.3) is 0 Å². The number of hydrogen-bond donors (Lipinski definition) is 1. The lowest BCUT2D eigenvalue weighted by molar-refractivity contribution is -0.109. The molecule has 1 heterocycles. The summed E-state index contributed by atoms with van der Waals surface area (Å²) in [5.74, 6) is 0. The van der Waals surface area contributed by atoms with Crippen LogP contribution >= 0.6 is 0 Å². The molecule has 5 nitrogen and oxygen atoms in total. The fourth-order valence-electron chi connectivity index (χ4n) is 2.63. The van der Waals surface area contributed by atoms with Crippen LogP contribution in [-0.2, 0) is 14.8 Å². The highest BCUT2D eigenvalue weighted by Gasteiger charge is 2.27. The molecule has 21 heavy (non-hydrogen) atoms. The van der Waals surface area contributed by atoms with E-state index in [-0.39, 0.29) is 10.9 Å². The van der Waals surface area contributed by atoms with Gasteiger partial charge < -0.3 is 9.69 Å². The zero-order chi connectivity index (χ0) is 15.3. The Morgan fingerprint density at radius 3 is 2.81 bits per heavy atom. The van der Waals surface area contributed by atoms with Gasteiger partial charge in [0.2, 0.25) is 10.0 Å². The molecule has 0 bridgehead atoms. The van der Waals surface area contributed by atoms with Crippen LogP contribution < -0.4 is 9.62 Å². The first-order chi connectivity index (χ1) is 10.1. The van der Waals surface area contributed by atoms with E-state index in [1.165, 1.54) is 0 Å². The van der Waals surface area contributed by atoms with E-state index < -0.39 is 10.0 Å². The number of nitrogens with one attached hydrogen (secondary N) is 1. The maximum Gasteiger partial charge on any atom is 0.242 e. The topological polar surface area (TPSA) is 66.5 Å². The Bertz CT molecular complexity index is 586. The van der Waals surface area contributed by atoms with Crippen LogP contribution in [-0.4, -0.2) is 33.8 Å². The SMILES string of the molecule is CCCNS(=O)(=O)c1ccccc1N1CCCCC1C=O. The minimum Gasteiger partial charge on any atom is -0.361 e. The van der Waals surface area contributed by atoms with Crippen LogP contribution in [0.3, 0.4) is 0 Å².